The predicted molar refractivity (Wildman–Crippen MR) is 156 cm³/mol. The quantitative estimate of drug-likeness (QED) is 0.259. The summed E-state index contributed by atoms with van der Waals surface area (Å²) < 4.78 is 5.37. The van der Waals surface area contributed by atoms with E-state index in [1.165, 1.54) is 5.56 Å². The predicted octanol–water partition coefficient (Wildman–Crippen LogP) is 8.49. The molecule has 0 saturated heterocycles. The van der Waals surface area contributed by atoms with E-state index in [1.807, 2.05) is 31.2 Å². The fourth-order valence-electron chi connectivity index (χ4n) is 5.14. The van der Waals surface area contributed by atoms with Crippen LogP contribution in [0.15, 0.2) is 67.0 Å². The van der Waals surface area contributed by atoms with Gasteiger partial charge in [0.1, 0.15) is 17.3 Å². The van der Waals surface area contributed by atoms with Crippen LogP contribution in [0.1, 0.15) is 101 Å². The van der Waals surface area contributed by atoms with Crippen molar-refractivity contribution in [2.75, 3.05) is 0 Å². The molecule has 2 aromatic carbocycles. The molecule has 4 heteroatoms. The zero-order valence-corrected chi connectivity index (χ0v) is 24.3. The second-order valence-corrected chi connectivity index (χ2v) is 12.2. The normalized spacial score (nSPS) is 18.6. The van der Waals surface area contributed by atoms with Crippen molar-refractivity contribution in [2.45, 2.75) is 91.4 Å². The summed E-state index contributed by atoms with van der Waals surface area (Å²) in [6.45, 7) is 20.7. The molecule has 1 aliphatic rings. The average Bonchev–Trinajstić information content (AvgIpc) is 2.88. The van der Waals surface area contributed by atoms with Crippen LogP contribution in [0, 0.1) is 12.3 Å². The van der Waals surface area contributed by atoms with Crippen molar-refractivity contribution in [2.24, 2.45) is 5.41 Å². The van der Waals surface area contributed by atoms with Crippen molar-refractivity contribution in [3.05, 3.63) is 94.8 Å². The number of allylic oxidation sites excluding steroid dienone is 3. The number of esters is 1. The molecule has 2 unspecified atom stereocenters. The molecule has 1 aliphatic carbocycles. The van der Waals surface area contributed by atoms with Gasteiger partial charge in [0.05, 0.1) is 0 Å². The van der Waals surface area contributed by atoms with E-state index in [9.17, 15) is 15.0 Å². The minimum atomic E-state index is -0.518. The van der Waals surface area contributed by atoms with Crippen LogP contribution in [-0.2, 0) is 20.4 Å². The molecule has 0 saturated carbocycles. The molecule has 3 rings (SSSR count). The van der Waals surface area contributed by atoms with Crippen LogP contribution >= 0.6 is 0 Å². The van der Waals surface area contributed by atoms with Gasteiger partial charge in [-0.25, -0.2) is 4.79 Å². The Balaban J connectivity index is 2.34. The van der Waals surface area contributed by atoms with Gasteiger partial charge in [0.15, 0.2) is 0 Å². The van der Waals surface area contributed by atoms with Gasteiger partial charge in [0.2, 0.25) is 0 Å². The van der Waals surface area contributed by atoms with Crippen LogP contribution in [0.25, 0.3) is 0 Å². The zero-order chi connectivity index (χ0) is 28.5. The molecule has 2 N–H and O–H groups in total. The number of hydrogen-bond donors (Lipinski definition) is 2. The Labute approximate surface area is 228 Å². The topological polar surface area (TPSA) is 66.8 Å². The SMILES string of the molecule is C=CC(=O)OC1=CCC(C)(C(c2cc(C)ccc2O)c2cc(C(C)(C)CC)cc(C(C)(C)CC)c2O)C=C1. The first-order valence-electron chi connectivity index (χ1n) is 13.6. The highest BCUT2D eigenvalue weighted by atomic mass is 16.5. The molecule has 0 radical (unpaired) electrons. The van der Waals surface area contributed by atoms with Gasteiger partial charge in [0, 0.05) is 34.1 Å². The standard InChI is InChI=1S/C34H44O4/c1-10-29(36)38-24-15-17-34(9,18-16-24)30(25-19-22(4)13-14-28(25)35)26-20-23(32(5,6)11-2)21-27(31(26)37)33(7,8)12-3/h10,13-17,19-21,30,35,37H,1,11-12,18H2,2-9H3. The van der Waals surface area contributed by atoms with Gasteiger partial charge in [-0.1, -0.05) is 91.0 Å². The summed E-state index contributed by atoms with van der Waals surface area (Å²) >= 11 is 0. The van der Waals surface area contributed by atoms with Crippen LogP contribution < -0.4 is 0 Å². The summed E-state index contributed by atoms with van der Waals surface area (Å²) in [5.41, 5.74) is 3.82. The van der Waals surface area contributed by atoms with Crippen molar-refractivity contribution >= 4 is 5.97 Å². The molecule has 0 spiro atoms. The average molecular weight is 517 g/mol. The molecule has 0 heterocycles. The maximum atomic E-state index is 12.0. The van der Waals surface area contributed by atoms with E-state index >= 15 is 0 Å². The Morgan fingerprint density at radius 3 is 2.29 bits per heavy atom. The van der Waals surface area contributed by atoms with Gasteiger partial charge < -0.3 is 14.9 Å². The summed E-state index contributed by atoms with van der Waals surface area (Å²) in [5.74, 6) is 0.0823. The van der Waals surface area contributed by atoms with Crippen molar-refractivity contribution in [3.63, 3.8) is 0 Å². The third kappa shape index (κ3) is 5.75. The van der Waals surface area contributed by atoms with Gasteiger partial charge >= 0.3 is 5.97 Å². The fourth-order valence-corrected chi connectivity index (χ4v) is 5.14. The van der Waals surface area contributed by atoms with Crippen molar-refractivity contribution in [1.82, 2.24) is 0 Å². The lowest BCUT2D eigenvalue weighted by atomic mass is 9.64. The maximum absolute atomic E-state index is 12.0. The van der Waals surface area contributed by atoms with Crippen molar-refractivity contribution < 1.29 is 19.7 Å². The Hall–Kier alpha value is -3.27. The molecule has 38 heavy (non-hydrogen) atoms. The van der Waals surface area contributed by atoms with E-state index in [2.05, 4.69) is 67.2 Å². The first kappa shape index (κ1) is 29.3. The van der Waals surface area contributed by atoms with Crippen molar-refractivity contribution in [3.8, 4) is 11.5 Å². The van der Waals surface area contributed by atoms with E-state index in [0.717, 1.165) is 41.2 Å². The Morgan fingerprint density at radius 1 is 1.08 bits per heavy atom. The Morgan fingerprint density at radius 2 is 1.74 bits per heavy atom. The lowest BCUT2D eigenvalue weighted by Gasteiger charge is -2.40. The number of carbonyl (C=O) groups is 1. The van der Waals surface area contributed by atoms with E-state index in [0.29, 0.717) is 12.2 Å². The summed E-state index contributed by atoms with van der Waals surface area (Å²) in [4.78, 5) is 11.8. The molecule has 0 bridgehead atoms. The molecule has 0 amide bonds. The Kier molecular flexibility index (Phi) is 8.36. The number of aryl methyl sites for hydroxylation is 1. The maximum Gasteiger partial charge on any atom is 0.335 e. The first-order chi connectivity index (χ1) is 17.7. The van der Waals surface area contributed by atoms with Gasteiger partial charge in [-0.05, 0) is 60.8 Å². The highest BCUT2D eigenvalue weighted by Crippen LogP contribution is 2.54. The largest absolute Gasteiger partial charge is 0.508 e. The number of rotatable bonds is 9. The van der Waals surface area contributed by atoms with E-state index in [4.69, 9.17) is 4.74 Å². The number of carbonyl (C=O) groups excluding carboxylic acids is 1. The number of phenols is 2. The third-order valence-electron chi connectivity index (χ3n) is 8.64. The zero-order valence-electron chi connectivity index (χ0n) is 24.3. The number of ether oxygens (including phenoxy) is 1. The molecule has 0 fully saturated rings. The van der Waals surface area contributed by atoms with Gasteiger partial charge in [0.25, 0.3) is 0 Å². The van der Waals surface area contributed by atoms with Crippen molar-refractivity contribution in [1.29, 1.82) is 0 Å². The van der Waals surface area contributed by atoms with Gasteiger partial charge in [-0.15, -0.1) is 0 Å². The molecule has 2 atom stereocenters. The molecule has 0 aliphatic heterocycles. The summed E-state index contributed by atoms with van der Waals surface area (Å²) in [7, 11) is 0. The monoisotopic (exact) mass is 516 g/mol. The molecule has 204 valence electrons. The van der Waals surface area contributed by atoms with Gasteiger partial charge in [-0.2, -0.15) is 0 Å². The number of hydrogen-bond acceptors (Lipinski definition) is 4. The van der Waals surface area contributed by atoms with Crippen LogP contribution in [0.3, 0.4) is 0 Å². The highest BCUT2D eigenvalue weighted by Gasteiger charge is 2.40. The molecule has 4 nitrogen and oxygen atoms in total. The second-order valence-electron chi connectivity index (χ2n) is 12.2. The lowest BCUT2D eigenvalue weighted by molar-refractivity contribution is -0.133. The van der Waals surface area contributed by atoms with Gasteiger partial charge in [-0.3, -0.25) is 0 Å². The lowest BCUT2D eigenvalue weighted by Crippen LogP contribution is -2.28. The summed E-state index contributed by atoms with van der Waals surface area (Å²) in [6.07, 6.45) is 9.25. The first-order valence-corrected chi connectivity index (χ1v) is 13.6. The summed E-state index contributed by atoms with van der Waals surface area (Å²) in [5, 5.41) is 23.1. The van der Waals surface area contributed by atoms with E-state index in [-0.39, 0.29) is 28.2 Å². The minimum absolute atomic E-state index is 0.102. The second kappa shape index (κ2) is 10.8. The fraction of sp³-hybridized carbons (Fsp3) is 0.441. The number of benzene rings is 2. The molecule has 2 aromatic rings. The van der Waals surface area contributed by atoms with Crippen LogP contribution in [0.4, 0.5) is 0 Å². The Bertz CT molecular complexity index is 1280. The smallest absolute Gasteiger partial charge is 0.335 e. The van der Waals surface area contributed by atoms with E-state index in [1.54, 1.807) is 12.1 Å². The summed E-state index contributed by atoms with van der Waals surface area (Å²) in [6, 6.07) is 9.94. The molecular weight excluding hydrogens is 472 g/mol. The number of aromatic hydroxyl groups is 2. The van der Waals surface area contributed by atoms with Crippen LogP contribution in [0.2, 0.25) is 0 Å². The number of phenolic OH excluding ortho intramolecular Hbond substituents is 2. The highest BCUT2D eigenvalue weighted by molar-refractivity contribution is 5.82. The van der Waals surface area contributed by atoms with E-state index < -0.39 is 11.4 Å². The molecule has 0 aromatic heterocycles. The van der Waals surface area contributed by atoms with Crippen LogP contribution in [-0.4, -0.2) is 16.2 Å². The third-order valence-corrected chi connectivity index (χ3v) is 8.64. The van der Waals surface area contributed by atoms with Crippen LogP contribution in [0.5, 0.6) is 11.5 Å². The molecular formula is C34H44O4. The minimum Gasteiger partial charge on any atom is -0.508 e.